The van der Waals surface area contributed by atoms with Gasteiger partial charge in [-0.3, -0.25) is 0 Å². The van der Waals surface area contributed by atoms with Crippen LogP contribution in [-0.2, 0) is 16.7 Å². The van der Waals surface area contributed by atoms with Crippen LogP contribution in [0.2, 0.25) is 0 Å². The normalized spacial score (nSPS) is 13.6. The van der Waals surface area contributed by atoms with Crippen LogP contribution in [0.25, 0.3) is 0 Å². The van der Waals surface area contributed by atoms with Crippen molar-refractivity contribution in [2.24, 2.45) is 5.73 Å². The third kappa shape index (κ3) is 4.69. The Kier molecular flexibility index (Phi) is 6.05. The van der Waals surface area contributed by atoms with Crippen LogP contribution in [0.3, 0.4) is 0 Å². The summed E-state index contributed by atoms with van der Waals surface area (Å²) in [6.07, 6.45) is 5.11. The molecular weight excluding hydrogens is 262 g/mol. The summed E-state index contributed by atoms with van der Waals surface area (Å²) in [5, 5.41) is -0.547. The van der Waals surface area contributed by atoms with Crippen molar-refractivity contribution in [3.8, 4) is 5.75 Å². The maximum absolute atomic E-state index is 12.1. The first kappa shape index (κ1) is 15.7. The summed E-state index contributed by atoms with van der Waals surface area (Å²) in [5.74, 6) is 0.322. The monoisotopic (exact) mass is 283 g/mol. The van der Waals surface area contributed by atoms with Crippen molar-refractivity contribution >= 4 is 10.1 Å². The molecule has 0 heterocycles. The molecule has 19 heavy (non-hydrogen) atoms. The van der Waals surface area contributed by atoms with Gasteiger partial charge in [0.1, 0.15) is 5.75 Å². The molecule has 1 unspecified atom stereocenters. The maximum atomic E-state index is 12.1. The summed E-state index contributed by atoms with van der Waals surface area (Å²) in [4.78, 5) is 0. The predicted molar refractivity (Wildman–Crippen MR) is 77.4 cm³/mol. The quantitative estimate of drug-likeness (QED) is 0.617. The lowest BCUT2D eigenvalue weighted by atomic mass is 10.2. The number of hydrogen-bond donors (Lipinski definition) is 1. The minimum absolute atomic E-state index is 0.249. The van der Waals surface area contributed by atoms with E-state index >= 15 is 0 Å². The summed E-state index contributed by atoms with van der Waals surface area (Å²) in [6.45, 7) is 3.82. The molecule has 0 aliphatic carbocycles. The molecule has 0 fully saturated rings. The van der Waals surface area contributed by atoms with Crippen molar-refractivity contribution in [3.63, 3.8) is 0 Å². The second-order valence-corrected chi connectivity index (χ2v) is 6.30. The van der Waals surface area contributed by atoms with Crippen molar-refractivity contribution in [2.75, 3.05) is 0 Å². The van der Waals surface area contributed by atoms with Gasteiger partial charge < -0.3 is 9.92 Å². The van der Waals surface area contributed by atoms with Gasteiger partial charge in [0, 0.05) is 12.1 Å². The van der Waals surface area contributed by atoms with E-state index in [1.807, 2.05) is 19.1 Å². The van der Waals surface area contributed by atoms with Crippen LogP contribution in [0, 0.1) is 0 Å². The van der Waals surface area contributed by atoms with Gasteiger partial charge in [0.15, 0.2) is 0 Å². The molecule has 1 rings (SSSR count). The molecule has 0 amide bonds. The molecule has 0 saturated carbocycles. The second-order valence-electron chi connectivity index (χ2n) is 4.34. The first-order chi connectivity index (χ1) is 9.01. The topological polar surface area (TPSA) is 69.4 Å². The summed E-state index contributed by atoms with van der Waals surface area (Å²) < 4.78 is 29.3. The number of allylic oxidation sites excluding steroid dienone is 2. The standard InChI is InChI=1S/C14H21NO3S/c1-3-4-5-8-12(2)19(16,17)18-14-10-7-6-9-13(14)11-15/h3-4,6-7,9-10,12H,5,8,11,15H2,1-2H3. The molecule has 0 aliphatic rings. The van der Waals surface area contributed by atoms with Gasteiger partial charge in [0.25, 0.3) is 0 Å². The summed E-state index contributed by atoms with van der Waals surface area (Å²) in [6, 6.07) is 6.92. The zero-order chi connectivity index (χ0) is 14.3. The zero-order valence-electron chi connectivity index (χ0n) is 11.4. The van der Waals surface area contributed by atoms with Gasteiger partial charge in [0.2, 0.25) is 0 Å². The largest absolute Gasteiger partial charge is 0.382 e. The fourth-order valence-corrected chi connectivity index (χ4v) is 2.60. The average molecular weight is 283 g/mol. The Morgan fingerprint density at radius 3 is 2.68 bits per heavy atom. The van der Waals surface area contributed by atoms with Gasteiger partial charge in [-0.2, -0.15) is 8.42 Å². The van der Waals surface area contributed by atoms with Gasteiger partial charge >= 0.3 is 10.1 Å². The Balaban J connectivity index is 2.78. The molecule has 0 bridgehead atoms. The Hall–Kier alpha value is -1.33. The highest BCUT2D eigenvalue weighted by molar-refractivity contribution is 7.87. The van der Waals surface area contributed by atoms with E-state index in [4.69, 9.17) is 9.92 Å². The first-order valence-corrected chi connectivity index (χ1v) is 7.80. The molecule has 1 atom stereocenters. The van der Waals surface area contributed by atoms with Crippen LogP contribution in [-0.4, -0.2) is 13.7 Å². The highest BCUT2D eigenvalue weighted by atomic mass is 32.2. The highest BCUT2D eigenvalue weighted by Gasteiger charge is 2.23. The molecule has 0 radical (unpaired) electrons. The van der Waals surface area contributed by atoms with E-state index in [0.29, 0.717) is 17.7 Å². The molecule has 1 aromatic carbocycles. The van der Waals surface area contributed by atoms with Crippen molar-refractivity contribution in [2.45, 2.75) is 38.5 Å². The van der Waals surface area contributed by atoms with E-state index in [1.54, 1.807) is 31.2 Å². The molecule has 0 saturated heterocycles. The molecule has 1 aromatic rings. The number of rotatable bonds is 7. The van der Waals surface area contributed by atoms with E-state index in [0.717, 1.165) is 6.42 Å². The molecule has 106 valence electrons. The fourth-order valence-electron chi connectivity index (χ4n) is 1.60. The number of benzene rings is 1. The molecular formula is C14H21NO3S. The van der Waals surface area contributed by atoms with E-state index in [2.05, 4.69) is 0 Å². The van der Waals surface area contributed by atoms with Crippen molar-refractivity contribution in [1.29, 1.82) is 0 Å². The molecule has 0 aromatic heterocycles. The second kappa shape index (κ2) is 7.31. The Morgan fingerprint density at radius 2 is 2.05 bits per heavy atom. The van der Waals surface area contributed by atoms with Crippen LogP contribution in [0.15, 0.2) is 36.4 Å². The smallest absolute Gasteiger partial charge is 0.311 e. The van der Waals surface area contributed by atoms with Gasteiger partial charge in [-0.1, -0.05) is 30.4 Å². The molecule has 0 aliphatic heterocycles. The predicted octanol–water partition coefficient (Wildman–Crippen LogP) is 2.60. The molecule has 2 N–H and O–H groups in total. The lowest BCUT2D eigenvalue weighted by Crippen LogP contribution is -2.23. The van der Waals surface area contributed by atoms with Crippen molar-refractivity contribution in [1.82, 2.24) is 0 Å². The van der Waals surface area contributed by atoms with E-state index in [-0.39, 0.29) is 6.54 Å². The Bertz CT molecular complexity index is 523. The van der Waals surface area contributed by atoms with Crippen molar-refractivity contribution in [3.05, 3.63) is 42.0 Å². The summed E-state index contributed by atoms with van der Waals surface area (Å²) >= 11 is 0. The highest BCUT2D eigenvalue weighted by Crippen LogP contribution is 2.22. The fraction of sp³-hybridized carbons (Fsp3) is 0.429. The summed E-state index contributed by atoms with van der Waals surface area (Å²) in [5.41, 5.74) is 6.25. The number of nitrogens with two attached hydrogens (primary N) is 1. The minimum atomic E-state index is -3.62. The van der Waals surface area contributed by atoms with Gasteiger partial charge in [-0.15, -0.1) is 0 Å². The van der Waals surface area contributed by atoms with Gasteiger partial charge in [0.05, 0.1) is 5.25 Å². The zero-order valence-corrected chi connectivity index (χ0v) is 12.2. The van der Waals surface area contributed by atoms with Gasteiger partial charge in [-0.25, -0.2) is 0 Å². The SMILES string of the molecule is CC=CCCC(C)S(=O)(=O)Oc1ccccc1CN. The van der Waals surface area contributed by atoms with Crippen molar-refractivity contribution < 1.29 is 12.6 Å². The Labute approximate surface area is 115 Å². The van der Waals surface area contributed by atoms with Crippen LogP contribution >= 0.6 is 0 Å². The van der Waals surface area contributed by atoms with Gasteiger partial charge in [-0.05, 0) is 32.8 Å². The number of para-hydroxylation sites is 1. The average Bonchev–Trinajstić information content (AvgIpc) is 2.39. The van der Waals surface area contributed by atoms with E-state index in [1.165, 1.54) is 0 Å². The molecule has 0 spiro atoms. The van der Waals surface area contributed by atoms with Crippen LogP contribution < -0.4 is 9.92 Å². The molecule has 5 heteroatoms. The number of hydrogen-bond acceptors (Lipinski definition) is 4. The lowest BCUT2D eigenvalue weighted by molar-refractivity contribution is 0.467. The van der Waals surface area contributed by atoms with Crippen LogP contribution in [0.4, 0.5) is 0 Å². The van der Waals surface area contributed by atoms with E-state index < -0.39 is 15.4 Å². The maximum Gasteiger partial charge on any atom is 0.311 e. The Morgan fingerprint density at radius 1 is 1.37 bits per heavy atom. The molecule has 4 nitrogen and oxygen atoms in total. The van der Waals surface area contributed by atoms with Crippen LogP contribution in [0.5, 0.6) is 5.75 Å². The third-order valence-electron chi connectivity index (χ3n) is 2.87. The third-order valence-corrected chi connectivity index (χ3v) is 4.50. The lowest BCUT2D eigenvalue weighted by Gasteiger charge is -2.14. The first-order valence-electron chi connectivity index (χ1n) is 6.33. The van der Waals surface area contributed by atoms with Crippen LogP contribution in [0.1, 0.15) is 32.3 Å². The summed E-state index contributed by atoms with van der Waals surface area (Å²) in [7, 11) is -3.62. The van der Waals surface area contributed by atoms with E-state index in [9.17, 15) is 8.42 Å². The minimum Gasteiger partial charge on any atom is -0.382 e.